The number of carbonyl (C=O) groups is 1. The highest BCUT2D eigenvalue weighted by Gasteiger charge is 2.51. The fourth-order valence-corrected chi connectivity index (χ4v) is 2.56. The van der Waals surface area contributed by atoms with Crippen molar-refractivity contribution < 1.29 is 24.2 Å². The predicted molar refractivity (Wildman–Crippen MR) is 89.8 cm³/mol. The summed E-state index contributed by atoms with van der Waals surface area (Å²) in [4.78, 5) is 11.9. The number of carbonyl (C=O) groups excluding carboxylic acids is 1. The molecule has 6 nitrogen and oxygen atoms in total. The van der Waals surface area contributed by atoms with Gasteiger partial charge in [0.15, 0.2) is 0 Å². The molecule has 0 spiro atoms. The van der Waals surface area contributed by atoms with Crippen LogP contribution in [0.25, 0.3) is 0 Å². The van der Waals surface area contributed by atoms with Crippen molar-refractivity contribution in [1.82, 2.24) is 5.32 Å². The second kappa shape index (κ2) is 6.65. The molecule has 0 bridgehead atoms. The van der Waals surface area contributed by atoms with Crippen molar-refractivity contribution in [2.75, 3.05) is 6.54 Å². The van der Waals surface area contributed by atoms with E-state index in [1.54, 1.807) is 0 Å². The van der Waals surface area contributed by atoms with Crippen LogP contribution in [0.15, 0.2) is 18.2 Å². The van der Waals surface area contributed by atoms with Gasteiger partial charge in [-0.2, -0.15) is 0 Å². The first-order valence-electron chi connectivity index (χ1n) is 7.70. The van der Waals surface area contributed by atoms with Crippen LogP contribution < -0.4 is 10.8 Å². The lowest BCUT2D eigenvalue weighted by Crippen LogP contribution is -2.41. The summed E-state index contributed by atoms with van der Waals surface area (Å²) in [6, 6.07) is 5.90. The molecule has 8 heteroatoms. The van der Waals surface area contributed by atoms with E-state index in [2.05, 4.69) is 5.32 Å². The van der Waals surface area contributed by atoms with Crippen molar-refractivity contribution in [1.29, 1.82) is 0 Å². The minimum atomic E-state index is -0.750. The molecule has 0 saturated carbocycles. The Bertz CT molecular complexity index is 575. The fraction of sp³-hybridized carbons (Fsp3) is 0.533. The van der Waals surface area contributed by atoms with Gasteiger partial charge >= 0.3 is 14.8 Å². The normalized spacial score (nSPS) is 21.0. The van der Waals surface area contributed by atoms with E-state index >= 15 is 0 Å². The topological polar surface area (TPSA) is 88.0 Å². The van der Waals surface area contributed by atoms with Gasteiger partial charge in [-0.15, -0.1) is 0 Å². The van der Waals surface area contributed by atoms with Crippen LogP contribution in [-0.4, -0.2) is 48.5 Å². The Hall–Kier alpha value is -1.34. The molecule has 1 saturated heterocycles. The Kier molecular flexibility index (Phi) is 5.20. The zero-order valence-corrected chi connectivity index (χ0v) is 14.0. The Morgan fingerprint density at radius 1 is 1.17 bits per heavy atom. The molecule has 23 heavy (non-hydrogen) atoms. The minimum Gasteiger partial charge on any atom is -0.430 e. The highest BCUT2D eigenvalue weighted by atomic mass is 16.7. The molecule has 3 rings (SSSR count). The molecule has 2 heterocycles. The largest absolute Gasteiger partial charge is 0.494 e. The standard InChI is InChI=1S/C15H20BNO3.BH3O2/c1-14(2)15(3,4)20-16(19-14)11-6-5-10-7-8-17-13(18)12(10)9-11;2-1-3/h5-6,9H,7-8H2,1-4H3,(H,17,18);1-3H. The summed E-state index contributed by atoms with van der Waals surface area (Å²) in [7, 11) is -1.17. The Morgan fingerprint density at radius 3 is 2.30 bits per heavy atom. The number of amides is 1. The van der Waals surface area contributed by atoms with E-state index in [1.165, 1.54) is 0 Å². The highest BCUT2D eigenvalue weighted by molar-refractivity contribution is 6.62. The molecule has 1 fully saturated rings. The maximum Gasteiger partial charge on any atom is 0.494 e. The van der Waals surface area contributed by atoms with E-state index in [1.807, 2.05) is 45.9 Å². The van der Waals surface area contributed by atoms with Crippen molar-refractivity contribution in [2.45, 2.75) is 45.3 Å². The lowest BCUT2D eigenvalue weighted by molar-refractivity contribution is 0.00578. The maximum absolute atomic E-state index is 11.9. The molecule has 0 aromatic heterocycles. The molecular formula is C15H23B2NO5. The zero-order chi connectivity index (χ0) is 17.3. The Morgan fingerprint density at radius 2 is 1.74 bits per heavy atom. The Labute approximate surface area is 137 Å². The van der Waals surface area contributed by atoms with Crippen LogP contribution in [0.3, 0.4) is 0 Å². The third-order valence-electron chi connectivity index (χ3n) is 4.58. The van der Waals surface area contributed by atoms with E-state index in [0.717, 1.165) is 23.0 Å². The van der Waals surface area contributed by atoms with E-state index in [-0.39, 0.29) is 17.1 Å². The SMILES string of the molecule is CC1(C)OB(c2ccc3c(c2)C(=O)NCC3)OC1(C)C.OBO. The van der Waals surface area contributed by atoms with Crippen molar-refractivity contribution in [2.24, 2.45) is 0 Å². The summed E-state index contributed by atoms with van der Waals surface area (Å²) < 4.78 is 12.0. The molecule has 3 N–H and O–H groups in total. The van der Waals surface area contributed by atoms with Gasteiger partial charge in [-0.3, -0.25) is 4.79 Å². The number of hydrogen-bond acceptors (Lipinski definition) is 5. The predicted octanol–water partition coefficient (Wildman–Crippen LogP) is -0.491. The zero-order valence-electron chi connectivity index (χ0n) is 14.0. The second-order valence-corrected chi connectivity index (χ2v) is 6.65. The van der Waals surface area contributed by atoms with E-state index in [4.69, 9.17) is 19.4 Å². The summed E-state index contributed by atoms with van der Waals surface area (Å²) in [5, 5.41) is 17.1. The van der Waals surface area contributed by atoms with Crippen LogP contribution in [0.2, 0.25) is 0 Å². The highest BCUT2D eigenvalue weighted by Crippen LogP contribution is 2.36. The average molecular weight is 319 g/mol. The molecule has 2 aliphatic rings. The van der Waals surface area contributed by atoms with Crippen molar-refractivity contribution >= 4 is 26.2 Å². The Balaban J connectivity index is 0.000000595. The van der Waals surface area contributed by atoms with Crippen molar-refractivity contribution in [3.8, 4) is 0 Å². The summed E-state index contributed by atoms with van der Waals surface area (Å²) in [5.74, 6) is -0.00961. The molecule has 1 amide bonds. The molecular weight excluding hydrogens is 296 g/mol. The lowest BCUT2D eigenvalue weighted by atomic mass is 9.77. The number of hydrogen-bond donors (Lipinski definition) is 3. The van der Waals surface area contributed by atoms with Gasteiger partial charge in [-0.05, 0) is 51.2 Å². The monoisotopic (exact) mass is 319 g/mol. The van der Waals surface area contributed by atoms with Gasteiger partial charge in [-0.1, -0.05) is 12.1 Å². The third-order valence-corrected chi connectivity index (χ3v) is 4.58. The van der Waals surface area contributed by atoms with Gasteiger partial charge < -0.3 is 24.7 Å². The van der Waals surface area contributed by atoms with Crippen LogP contribution in [0, 0.1) is 0 Å². The third kappa shape index (κ3) is 3.61. The van der Waals surface area contributed by atoms with Gasteiger partial charge in [0.2, 0.25) is 0 Å². The summed E-state index contributed by atoms with van der Waals surface area (Å²) in [6.07, 6.45) is 0.880. The molecule has 0 unspecified atom stereocenters. The molecule has 0 atom stereocenters. The molecule has 2 aliphatic heterocycles. The van der Waals surface area contributed by atoms with Crippen LogP contribution in [-0.2, 0) is 15.7 Å². The first kappa shape index (κ1) is 18.0. The lowest BCUT2D eigenvalue weighted by Gasteiger charge is -2.32. The number of fused-ring (bicyclic) bond motifs is 1. The minimum absolute atomic E-state index is 0.00961. The molecule has 1 aromatic carbocycles. The van der Waals surface area contributed by atoms with Gasteiger partial charge in [0, 0.05) is 12.1 Å². The van der Waals surface area contributed by atoms with Gasteiger partial charge in [0.05, 0.1) is 11.2 Å². The van der Waals surface area contributed by atoms with Crippen LogP contribution in [0.5, 0.6) is 0 Å². The molecule has 0 radical (unpaired) electrons. The molecule has 124 valence electrons. The first-order valence-corrected chi connectivity index (χ1v) is 7.70. The van der Waals surface area contributed by atoms with E-state index in [0.29, 0.717) is 6.54 Å². The smallest absolute Gasteiger partial charge is 0.430 e. The van der Waals surface area contributed by atoms with E-state index < -0.39 is 14.8 Å². The number of rotatable bonds is 1. The van der Waals surface area contributed by atoms with Crippen molar-refractivity contribution in [3.63, 3.8) is 0 Å². The average Bonchev–Trinajstić information content (AvgIpc) is 2.68. The van der Waals surface area contributed by atoms with Gasteiger partial charge in [0.1, 0.15) is 0 Å². The number of nitrogens with one attached hydrogen (secondary N) is 1. The first-order chi connectivity index (χ1) is 10.7. The van der Waals surface area contributed by atoms with Crippen LogP contribution in [0.4, 0.5) is 0 Å². The van der Waals surface area contributed by atoms with E-state index in [9.17, 15) is 4.79 Å². The van der Waals surface area contributed by atoms with Gasteiger partial charge in [0.25, 0.3) is 5.91 Å². The summed E-state index contributed by atoms with van der Waals surface area (Å²) in [6.45, 7) is 8.81. The molecule has 1 aromatic rings. The summed E-state index contributed by atoms with van der Waals surface area (Å²) in [5.41, 5.74) is 2.00. The quantitative estimate of drug-likeness (QED) is 0.608. The van der Waals surface area contributed by atoms with Gasteiger partial charge in [-0.25, -0.2) is 0 Å². The fourth-order valence-electron chi connectivity index (χ4n) is 2.56. The second-order valence-electron chi connectivity index (χ2n) is 6.65. The van der Waals surface area contributed by atoms with Crippen LogP contribution >= 0.6 is 0 Å². The maximum atomic E-state index is 11.9. The van der Waals surface area contributed by atoms with Crippen LogP contribution in [0.1, 0.15) is 43.6 Å². The number of benzene rings is 1. The van der Waals surface area contributed by atoms with Crippen molar-refractivity contribution in [3.05, 3.63) is 29.3 Å². The molecule has 0 aliphatic carbocycles. The summed E-state index contributed by atoms with van der Waals surface area (Å²) >= 11 is 0.